The molecule has 114 valence electrons. The summed E-state index contributed by atoms with van der Waals surface area (Å²) in [5.41, 5.74) is 6.45. The van der Waals surface area contributed by atoms with Gasteiger partial charge in [0, 0.05) is 16.1 Å². The molecular weight excluding hydrogens is 313 g/mol. The largest absolute Gasteiger partial charge is 0.399 e. The summed E-state index contributed by atoms with van der Waals surface area (Å²) in [5, 5.41) is 0.270. The minimum atomic E-state index is -3.92. The summed E-state index contributed by atoms with van der Waals surface area (Å²) in [6, 6.07) is 2.33. The second-order valence-electron chi connectivity index (χ2n) is 4.61. The molecule has 21 heavy (non-hydrogen) atoms. The van der Waals surface area contributed by atoms with Crippen LogP contribution in [-0.2, 0) is 16.4 Å². The van der Waals surface area contributed by atoms with Crippen LogP contribution in [-0.4, -0.2) is 13.4 Å². The fraction of sp³-hybridized carbons (Fsp3) is 0.308. The predicted octanol–water partition coefficient (Wildman–Crippen LogP) is 2.84. The summed E-state index contributed by atoms with van der Waals surface area (Å²) >= 11 is 1.25. The van der Waals surface area contributed by atoms with E-state index in [9.17, 15) is 12.8 Å². The van der Waals surface area contributed by atoms with E-state index in [-0.39, 0.29) is 21.3 Å². The Labute approximate surface area is 127 Å². The zero-order chi connectivity index (χ0) is 15.8. The predicted molar refractivity (Wildman–Crippen MR) is 82.6 cm³/mol. The highest BCUT2D eigenvalue weighted by atomic mass is 32.2. The van der Waals surface area contributed by atoms with Crippen molar-refractivity contribution >= 4 is 32.2 Å². The van der Waals surface area contributed by atoms with Gasteiger partial charge in [0.15, 0.2) is 5.13 Å². The molecule has 0 fully saturated rings. The Hall–Kier alpha value is -1.67. The maximum Gasteiger partial charge on any atom is 0.264 e. The fourth-order valence-electron chi connectivity index (χ4n) is 1.92. The minimum Gasteiger partial charge on any atom is -0.399 e. The van der Waals surface area contributed by atoms with Crippen LogP contribution in [0.15, 0.2) is 17.0 Å². The van der Waals surface area contributed by atoms with Gasteiger partial charge in [0.25, 0.3) is 10.0 Å². The Bertz CT molecular complexity index is 785. The molecule has 0 saturated carbocycles. The first-order chi connectivity index (χ1) is 9.74. The summed E-state index contributed by atoms with van der Waals surface area (Å²) in [4.78, 5) is 4.99. The van der Waals surface area contributed by atoms with Crippen LogP contribution in [0.5, 0.6) is 0 Å². The second-order valence-corrected chi connectivity index (χ2v) is 7.46. The van der Waals surface area contributed by atoms with E-state index in [1.807, 2.05) is 13.8 Å². The number of sulfonamides is 1. The van der Waals surface area contributed by atoms with Gasteiger partial charge in [-0.25, -0.2) is 17.8 Å². The van der Waals surface area contributed by atoms with E-state index in [1.54, 1.807) is 0 Å². The lowest BCUT2D eigenvalue weighted by atomic mass is 10.2. The number of nitrogen functional groups attached to an aromatic ring is 1. The number of aromatic nitrogens is 1. The molecule has 0 unspecified atom stereocenters. The molecule has 0 aliphatic rings. The van der Waals surface area contributed by atoms with Crippen LogP contribution in [0.3, 0.4) is 0 Å². The average molecular weight is 329 g/mol. The summed E-state index contributed by atoms with van der Waals surface area (Å²) in [6.07, 6.45) is 0.718. The van der Waals surface area contributed by atoms with Crippen LogP contribution >= 0.6 is 11.3 Å². The molecule has 0 aliphatic carbocycles. The van der Waals surface area contributed by atoms with Crippen molar-refractivity contribution in [2.75, 3.05) is 10.5 Å². The number of thiazole rings is 1. The lowest BCUT2D eigenvalue weighted by Crippen LogP contribution is -2.15. The SMILES string of the molecule is CCc1nc(NS(=O)(=O)c2cc(N)cc(F)c2C)sc1C. The molecule has 8 heteroatoms. The molecule has 0 atom stereocenters. The molecular formula is C13H16FN3O2S2. The first-order valence-corrected chi connectivity index (χ1v) is 8.59. The number of hydrogen-bond acceptors (Lipinski definition) is 5. The van der Waals surface area contributed by atoms with E-state index >= 15 is 0 Å². The Balaban J connectivity index is 2.43. The molecule has 0 bridgehead atoms. The minimum absolute atomic E-state index is 0.0284. The molecule has 3 N–H and O–H groups in total. The van der Waals surface area contributed by atoms with Gasteiger partial charge in [0.2, 0.25) is 0 Å². The number of rotatable bonds is 4. The van der Waals surface area contributed by atoms with Crippen LogP contribution in [0.1, 0.15) is 23.1 Å². The van der Waals surface area contributed by atoms with Crippen molar-refractivity contribution in [3.8, 4) is 0 Å². The third-order valence-corrected chi connectivity index (χ3v) is 5.58. The van der Waals surface area contributed by atoms with Crippen LogP contribution in [0.4, 0.5) is 15.2 Å². The molecule has 1 heterocycles. The Morgan fingerprint density at radius 2 is 2.05 bits per heavy atom. The first-order valence-electron chi connectivity index (χ1n) is 6.29. The quantitative estimate of drug-likeness (QED) is 0.845. The van der Waals surface area contributed by atoms with E-state index in [1.165, 1.54) is 24.3 Å². The van der Waals surface area contributed by atoms with Gasteiger partial charge < -0.3 is 5.73 Å². The van der Waals surface area contributed by atoms with Crippen molar-refractivity contribution in [2.24, 2.45) is 0 Å². The Kier molecular flexibility index (Phi) is 4.20. The average Bonchev–Trinajstić information content (AvgIpc) is 2.72. The molecule has 0 aliphatic heterocycles. The highest BCUT2D eigenvalue weighted by Crippen LogP contribution is 2.27. The molecule has 2 rings (SSSR count). The van der Waals surface area contributed by atoms with Crippen LogP contribution in [0, 0.1) is 19.7 Å². The lowest BCUT2D eigenvalue weighted by molar-refractivity contribution is 0.591. The van der Waals surface area contributed by atoms with Gasteiger partial charge in [-0.2, -0.15) is 0 Å². The number of nitrogens with two attached hydrogens (primary N) is 1. The molecule has 0 amide bonds. The number of aryl methyl sites for hydroxylation is 2. The Morgan fingerprint density at radius 3 is 2.62 bits per heavy atom. The van der Waals surface area contributed by atoms with Crippen LogP contribution < -0.4 is 10.5 Å². The molecule has 1 aromatic carbocycles. The first kappa shape index (κ1) is 15.7. The highest BCUT2D eigenvalue weighted by Gasteiger charge is 2.21. The van der Waals surface area contributed by atoms with Crippen LogP contribution in [0.25, 0.3) is 0 Å². The monoisotopic (exact) mass is 329 g/mol. The standard InChI is InChI=1S/C13H16FN3O2S2/c1-4-11-8(3)20-13(16-11)17-21(18,19)12-6-9(15)5-10(14)7(12)2/h5-6H,4,15H2,1-3H3,(H,16,17). The maximum absolute atomic E-state index is 13.6. The molecule has 2 aromatic rings. The number of nitrogens with one attached hydrogen (secondary N) is 1. The molecule has 0 radical (unpaired) electrons. The Morgan fingerprint density at radius 1 is 1.38 bits per heavy atom. The molecule has 0 saturated heterocycles. The molecule has 0 spiro atoms. The van der Waals surface area contributed by atoms with Crippen molar-refractivity contribution in [1.82, 2.24) is 4.98 Å². The second kappa shape index (κ2) is 5.61. The summed E-state index contributed by atoms with van der Waals surface area (Å²) in [7, 11) is -3.92. The van der Waals surface area contributed by atoms with E-state index < -0.39 is 15.8 Å². The number of anilines is 2. The topological polar surface area (TPSA) is 85.1 Å². The van der Waals surface area contributed by atoms with E-state index in [0.717, 1.165) is 23.1 Å². The maximum atomic E-state index is 13.6. The zero-order valence-corrected chi connectivity index (χ0v) is 13.5. The van der Waals surface area contributed by atoms with Gasteiger partial charge in [-0.3, -0.25) is 4.72 Å². The normalized spacial score (nSPS) is 11.6. The van der Waals surface area contributed by atoms with Crippen molar-refractivity contribution in [3.63, 3.8) is 0 Å². The van der Waals surface area contributed by atoms with E-state index in [0.29, 0.717) is 0 Å². The fourth-order valence-corrected chi connectivity index (χ4v) is 4.35. The van der Waals surface area contributed by atoms with Crippen molar-refractivity contribution in [2.45, 2.75) is 32.1 Å². The number of hydrogen-bond donors (Lipinski definition) is 2. The molecule has 5 nitrogen and oxygen atoms in total. The summed E-state index contributed by atoms with van der Waals surface area (Å²) < 4.78 is 40.8. The van der Waals surface area contributed by atoms with E-state index in [2.05, 4.69) is 9.71 Å². The number of nitrogens with zero attached hydrogens (tertiary/aromatic N) is 1. The zero-order valence-electron chi connectivity index (χ0n) is 11.9. The molecule has 1 aromatic heterocycles. The van der Waals surface area contributed by atoms with E-state index in [4.69, 9.17) is 5.73 Å². The van der Waals surface area contributed by atoms with Gasteiger partial charge in [-0.1, -0.05) is 6.92 Å². The smallest absolute Gasteiger partial charge is 0.264 e. The third kappa shape index (κ3) is 3.16. The summed E-state index contributed by atoms with van der Waals surface area (Å²) in [5.74, 6) is -0.653. The third-order valence-electron chi connectivity index (χ3n) is 3.06. The van der Waals surface area contributed by atoms with Gasteiger partial charge in [0.1, 0.15) is 5.82 Å². The van der Waals surface area contributed by atoms with Crippen LogP contribution in [0.2, 0.25) is 0 Å². The number of benzene rings is 1. The van der Waals surface area contributed by atoms with Crippen molar-refractivity contribution < 1.29 is 12.8 Å². The van der Waals surface area contributed by atoms with Gasteiger partial charge in [-0.05, 0) is 32.4 Å². The van der Waals surface area contributed by atoms with Gasteiger partial charge in [0.05, 0.1) is 10.6 Å². The highest BCUT2D eigenvalue weighted by molar-refractivity contribution is 7.93. The number of halogens is 1. The lowest BCUT2D eigenvalue weighted by Gasteiger charge is -2.10. The van der Waals surface area contributed by atoms with Gasteiger partial charge in [-0.15, -0.1) is 11.3 Å². The summed E-state index contributed by atoms with van der Waals surface area (Å²) in [6.45, 7) is 5.21. The van der Waals surface area contributed by atoms with Crippen molar-refractivity contribution in [3.05, 3.63) is 34.1 Å². The van der Waals surface area contributed by atoms with Gasteiger partial charge >= 0.3 is 0 Å². The van der Waals surface area contributed by atoms with Crippen molar-refractivity contribution in [1.29, 1.82) is 0 Å².